The van der Waals surface area contributed by atoms with Crippen LogP contribution in [0.15, 0.2) is 4.99 Å². The molecular formula is C12H23F3N4O. The molecule has 0 bridgehead atoms. The average molecular weight is 296 g/mol. The van der Waals surface area contributed by atoms with Crippen LogP contribution in [0.3, 0.4) is 0 Å². The lowest BCUT2D eigenvalue weighted by molar-refractivity contribution is -0.143. The van der Waals surface area contributed by atoms with Crippen molar-refractivity contribution in [3.8, 4) is 0 Å². The summed E-state index contributed by atoms with van der Waals surface area (Å²) in [6.07, 6.45) is -2.59. The van der Waals surface area contributed by atoms with Crippen molar-refractivity contribution in [1.29, 1.82) is 0 Å². The zero-order valence-electron chi connectivity index (χ0n) is 12.0. The first kappa shape index (κ1) is 17.0. The van der Waals surface area contributed by atoms with E-state index in [-0.39, 0.29) is 6.04 Å². The molecule has 1 heterocycles. The SMILES string of the molecule is CN=C(NCCCOC)NC1CCN(CC(F)(F)F)C1. The van der Waals surface area contributed by atoms with Gasteiger partial charge in [-0.1, -0.05) is 0 Å². The van der Waals surface area contributed by atoms with Crippen LogP contribution < -0.4 is 10.6 Å². The van der Waals surface area contributed by atoms with E-state index in [1.807, 2.05) is 0 Å². The summed E-state index contributed by atoms with van der Waals surface area (Å²) in [5.41, 5.74) is 0. The van der Waals surface area contributed by atoms with E-state index < -0.39 is 12.7 Å². The van der Waals surface area contributed by atoms with E-state index in [0.29, 0.717) is 38.6 Å². The highest BCUT2D eigenvalue weighted by molar-refractivity contribution is 5.79. The number of ether oxygens (including phenoxy) is 1. The fourth-order valence-electron chi connectivity index (χ4n) is 2.16. The topological polar surface area (TPSA) is 48.9 Å². The number of guanidine groups is 1. The molecular weight excluding hydrogens is 273 g/mol. The van der Waals surface area contributed by atoms with Crippen molar-refractivity contribution >= 4 is 5.96 Å². The molecule has 1 rings (SSSR count). The summed E-state index contributed by atoms with van der Waals surface area (Å²) >= 11 is 0. The molecule has 1 atom stereocenters. The van der Waals surface area contributed by atoms with Crippen LogP contribution in [0.1, 0.15) is 12.8 Å². The van der Waals surface area contributed by atoms with E-state index in [9.17, 15) is 13.2 Å². The van der Waals surface area contributed by atoms with E-state index in [0.717, 1.165) is 6.42 Å². The number of hydrogen-bond acceptors (Lipinski definition) is 3. The molecule has 0 aliphatic carbocycles. The van der Waals surface area contributed by atoms with Gasteiger partial charge in [0, 0.05) is 46.4 Å². The Balaban J connectivity index is 2.26. The quantitative estimate of drug-likeness (QED) is 0.433. The van der Waals surface area contributed by atoms with E-state index in [1.54, 1.807) is 14.2 Å². The minimum Gasteiger partial charge on any atom is -0.385 e. The molecule has 0 aromatic rings. The summed E-state index contributed by atoms with van der Waals surface area (Å²) in [5.74, 6) is 0.625. The van der Waals surface area contributed by atoms with Gasteiger partial charge in [-0.05, 0) is 12.8 Å². The van der Waals surface area contributed by atoms with Crippen LogP contribution >= 0.6 is 0 Å². The summed E-state index contributed by atoms with van der Waals surface area (Å²) < 4.78 is 41.8. The van der Waals surface area contributed by atoms with Crippen LogP contribution in [0.2, 0.25) is 0 Å². The Kier molecular flexibility index (Phi) is 7.08. The molecule has 8 heteroatoms. The minimum atomic E-state index is -4.13. The molecule has 1 saturated heterocycles. The van der Waals surface area contributed by atoms with Gasteiger partial charge in [-0.15, -0.1) is 0 Å². The summed E-state index contributed by atoms with van der Waals surface area (Å²) in [4.78, 5) is 5.47. The second kappa shape index (κ2) is 8.31. The van der Waals surface area contributed by atoms with Gasteiger partial charge in [0.1, 0.15) is 0 Å². The summed E-state index contributed by atoms with van der Waals surface area (Å²) in [5, 5.41) is 6.26. The van der Waals surface area contributed by atoms with Gasteiger partial charge in [0.05, 0.1) is 6.54 Å². The zero-order valence-corrected chi connectivity index (χ0v) is 12.0. The van der Waals surface area contributed by atoms with Gasteiger partial charge in [-0.25, -0.2) is 0 Å². The fraction of sp³-hybridized carbons (Fsp3) is 0.917. The first-order chi connectivity index (χ1) is 9.44. The van der Waals surface area contributed by atoms with Crippen molar-refractivity contribution < 1.29 is 17.9 Å². The van der Waals surface area contributed by atoms with Gasteiger partial charge in [-0.2, -0.15) is 13.2 Å². The van der Waals surface area contributed by atoms with E-state index in [2.05, 4.69) is 15.6 Å². The Morgan fingerprint density at radius 2 is 2.20 bits per heavy atom. The maximum atomic E-state index is 12.3. The van der Waals surface area contributed by atoms with Gasteiger partial charge < -0.3 is 15.4 Å². The third kappa shape index (κ3) is 6.95. The molecule has 0 aromatic heterocycles. The molecule has 2 N–H and O–H groups in total. The molecule has 5 nitrogen and oxygen atoms in total. The van der Waals surface area contributed by atoms with Crippen molar-refractivity contribution in [1.82, 2.24) is 15.5 Å². The first-order valence-electron chi connectivity index (χ1n) is 6.70. The van der Waals surface area contributed by atoms with Gasteiger partial charge >= 0.3 is 6.18 Å². The van der Waals surface area contributed by atoms with Crippen LogP contribution in [-0.4, -0.2) is 70.0 Å². The molecule has 20 heavy (non-hydrogen) atoms. The molecule has 1 aliphatic rings. The van der Waals surface area contributed by atoms with Crippen molar-refractivity contribution in [3.63, 3.8) is 0 Å². The molecule has 0 saturated carbocycles. The highest BCUT2D eigenvalue weighted by Crippen LogP contribution is 2.19. The zero-order chi connectivity index (χ0) is 15.0. The fourth-order valence-corrected chi connectivity index (χ4v) is 2.16. The number of likely N-dealkylation sites (tertiary alicyclic amines) is 1. The Morgan fingerprint density at radius 1 is 1.45 bits per heavy atom. The number of hydrogen-bond donors (Lipinski definition) is 2. The molecule has 1 fully saturated rings. The Hall–Kier alpha value is -1.02. The summed E-state index contributed by atoms with van der Waals surface area (Å²) in [7, 11) is 3.29. The highest BCUT2D eigenvalue weighted by Gasteiger charge is 2.34. The molecule has 0 radical (unpaired) electrons. The minimum absolute atomic E-state index is 0.00553. The number of methoxy groups -OCH3 is 1. The lowest BCUT2D eigenvalue weighted by Gasteiger charge is -2.19. The van der Waals surface area contributed by atoms with Gasteiger partial charge in [0.25, 0.3) is 0 Å². The smallest absolute Gasteiger partial charge is 0.385 e. The predicted molar refractivity (Wildman–Crippen MR) is 71.9 cm³/mol. The number of alkyl halides is 3. The normalized spacial score (nSPS) is 21.2. The van der Waals surface area contributed by atoms with Crippen LogP contribution in [-0.2, 0) is 4.74 Å². The highest BCUT2D eigenvalue weighted by atomic mass is 19.4. The number of halogens is 3. The Bertz CT molecular complexity index is 310. The average Bonchev–Trinajstić information content (AvgIpc) is 2.78. The summed E-state index contributed by atoms with van der Waals surface area (Å²) in [6, 6.07) is 0.00553. The van der Waals surface area contributed by atoms with Crippen molar-refractivity contribution in [2.24, 2.45) is 4.99 Å². The van der Waals surface area contributed by atoms with Gasteiger partial charge in [0.2, 0.25) is 0 Å². The molecule has 0 spiro atoms. The summed E-state index contributed by atoms with van der Waals surface area (Å²) in [6.45, 7) is 1.38. The van der Waals surface area contributed by atoms with E-state index in [4.69, 9.17) is 4.74 Å². The number of aliphatic imine (C=N–C) groups is 1. The van der Waals surface area contributed by atoms with Crippen LogP contribution in [0, 0.1) is 0 Å². The maximum absolute atomic E-state index is 12.3. The monoisotopic (exact) mass is 296 g/mol. The number of rotatable bonds is 6. The van der Waals surface area contributed by atoms with Crippen LogP contribution in [0.25, 0.3) is 0 Å². The Morgan fingerprint density at radius 3 is 2.80 bits per heavy atom. The lowest BCUT2D eigenvalue weighted by Crippen LogP contribution is -2.45. The van der Waals surface area contributed by atoms with Gasteiger partial charge in [-0.3, -0.25) is 9.89 Å². The largest absolute Gasteiger partial charge is 0.401 e. The third-order valence-electron chi connectivity index (χ3n) is 3.06. The van der Waals surface area contributed by atoms with E-state index >= 15 is 0 Å². The van der Waals surface area contributed by atoms with E-state index in [1.165, 1.54) is 4.90 Å². The van der Waals surface area contributed by atoms with Crippen LogP contribution in [0.5, 0.6) is 0 Å². The van der Waals surface area contributed by atoms with Crippen LogP contribution in [0.4, 0.5) is 13.2 Å². The second-order valence-electron chi connectivity index (χ2n) is 4.83. The third-order valence-corrected chi connectivity index (χ3v) is 3.06. The number of nitrogens with one attached hydrogen (secondary N) is 2. The molecule has 0 aromatic carbocycles. The molecule has 1 unspecified atom stereocenters. The standard InChI is InChI=1S/C12H23F3N4O/c1-16-11(17-5-3-7-20-2)18-10-4-6-19(8-10)9-12(13,14)15/h10H,3-9H2,1-2H3,(H2,16,17,18). The first-order valence-corrected chi connectivity index (χ1v) is 6.70. The number of nitrogens with zero attached hydrogens (tertiary/aromatic N) is 2. The maximum Gasteiger partial charge on any atom is 0.401 e. The Labute approximate surface area is 117 Å². The van der Waals surface area contributed by atoms with Crippen molar-refractivity contribution in [3.05, 3.63) is 0 Å². The van der Waals surface area contributed by atoms with Gasteiger partial charge in [0.15, 0.2) is 5.96 Å². The lowest BCUT2D eigenvalue weighted by atomic mass is 10.3. The predicted octanol–water partition coefficient (Wildman–Crippen LogP) is 0.824. The molecule has 1 aliphatic heterocycles. The second-order valence-corrected chi connectivity index (χ2v) is 4.83. The molecule has 0 amide bonds. The van der Waals surface area contributed by atoms with Crippen molar-refractivity contribution in [2.45, 2.75) is 25.1 Å². The van der Waals surface area contributed by atoms with Crippen molar-refractivity contribution in [2.75, 3.05) is 46.9 Å². The molecule has 118 valence electrons.